The lowest BCUT2D eigenvalue weighted by Gasteiger charge is -2.17. The number of benzene rings is 1. The smallest absolute Gasteiger partial charge is 0.340 e. The van der Waals surface area contributed by atoms with Crippen LogP contribution in [0.4, 0.5) is 5.69 Å². The Balaban J connectivity index is 2.13. The predicted octanol–water partition coefficient (Wildman–Crippen LogP) is 2.51. The number of para-hydroxylation sites is 1. The lowest BCUT2D eigenvalue weighted by atomic mass is 10.0. The average molecular weight is 285 g/mol. The van der Waals surface area contributed by atoms with E-state index in [1.807, 2.05) is 4.57 Å². The van der Waals surface area contributed by atoms with E-state index >= 15 is 0 Å². The van der Waals surface area contributed by atoms with Crippen LogP contribution in [-0.2, 0) is 17.6 Å². The third kappa shape index (κ3) is 2.39. The van der Waals surface area contributed by atoms with E-state index in [1.54, 1.807) is 31.5 Å². The summed E-state index contributed by atoms with van der Waals surface area (Å²) in [6, 6.07) is 5.32. The molecule has 0 aliphatic heterocycles. The number of hydrogen-bond donors (Lipinski definition) is 1. The van der Waals surface area contributed by atoms with Crippen molar-refractivity contribution in [1.82, 2.24) is 9.55 Å². The second-order valence-corrected chi connectivity index (χ2v) is 5.18. The molecule has 1 aliphatic rings. The topological polar surface area (TPSA) is 70.1 Å². The maximum Gasteiger partial charge on any atom is 0.340 e. The minimum absolute atomic E-state index is 0.342. The van der Waals surface area contributed by atoms with Crippen molar-refractivity contribution in [2.24, 2.45) is 0 Å². The highest BCUT2D eigenvalue weighted by atomic mass is 16.5. The minimum Gasteiger partial charge on any atom is -0.462 e. The van der Waals surface area contributed by atoms with Crippen LogP contribution in [0.1, 0.15) is 41.5 Å². The van der Waals surface area contributed by atoms with Crippen LogP contribution in [0.2, 0.25) is 0 Å². The summed E-state index contributed by atoms with van der Waals surface area (Å²) in [5.41, 5.74) is 10.1. The number of imidazole rings is 1. The lowest BCUT2D eigenvalue weighted by molar-refractivity contribution is 0.0526. The standard InChI is InChI=1S/C16H19N3O2/c1-2-21-16(20)11-6-5-7-12(17)15(11)19-10-18-13-8-3-4-9-14(13)19/h5-7,10H,2-4,8-9,17H2,1H3. The number of nitrogen functional groups attached to an aromatic ring is 1. The zero-order valence-electron chi connectivity index (χ0n) is 12.1. The van der Waals surface area contributed by atoms with Crippen LogP contribution in [0.5, 0.6) is 0 Å². The first-order chi connectivity index (χ1) is 10.2. The first kappa shape index (κ1) is 13.7. The number of fused-ring (bicyclic) bond motifs is 1. The number of nitrogens with two attached hydrogens (primary N) is 1. The van der Waals surface area contributed by atoms with Crippen LogP contribution in [0.15, 0.2) is 24.5 Å². The Hall–Kier alpha value is -2.30. The summed E-state index contributed by atoms with van der Waals surface area (Å²) in [7, 11) is 0. The minimum atomic E-state index is -0.349. The molecule has 110 valence electrons. The summed E-state index contributed by atoms with van der Waals surface area (Å²) < 4.78 is 7.09. The Morgan fingerprint density at radius 3 is 3.00 bits per heavy atom. The van der Waals surface area contributed by atoms with Crippen molar-refractivity contribution in [2.75, 3.05) is 12.3 Å². The van der Waals surface area contributed by atoms with E-state index < -0.39 is 0 Å². The van der Waals surface area contributed by atoms with E-state index in [0.717, 1.165) is 30.7 Å². The van der Waals surface area contributed by atoms with Gasteiger partial charge >= 0.3 is 5.97 Å². The van der Waals surface area contributed by atoms with Crippen molar-refractivity contribution >= 4 is 11.7 Å². The van der Waals surface area contributed by atoms with Gasteiger partial charge in [0.25, 0.3) is 0 Å². The molecular formula is C16H19N3O2. The van der Waals surface area contributed by atoms with Gasteiger partial charge in [-0.2, -0.15) is 0 Å². The summed E-state index contributed by atoms with van der Waals surface area (Å²) in [6.07, 6.45) is 6.03. The first-order valence-corrected chi connectivity index (χ1v) is 7.33. The van der Waals surface area contributed by atoms with Gasteiger partial charge in [-0.3, -0.25) is 0 Å². The molecule has 2 N–H and O–H groups in total. The number of carbonyl (C=O) groups is 1. The summed E-state index contributed by atoms with van der Waals surface area (Å²) in [5.74, 6) is -0.349. The highest BCUT2D eigenvalue weighted by Crippen LogP contribution is 2.28. The molecule has 5 nitrogen and oxygen atoms in total. The SMILES string of the molecule is CCOC(=O)c1cccc(N)c1-n1cnc2c1CCCC2. The number of rotatable bonds is 3. The van der Waals surface area contributed by atoms with Gasteiger partial charge in [0, 0.05) is 5.69 Å². The molecule has 0 radical (unpaired) electrons. The van der Waals surface area contributed by atoms with E-state index in [1.165, 1.54) is 6.42 Å². The fourth-order valence-corrected chi connectivity index (χ4v) is 2.87. The second-order valence-electron chi connectivity index (χ2n) is 5.18. The van der Waals surface area contributed by atoms with E-state index in [0.29, 0.717) is 23.5 Å². The van der Waals surface area contributed by atoms with Crippen LogP contribution in [0.25, 0.3) is 5.69 Å². The number of hydrogen-bond acceptors (Lipinski definition) is 4. The summed E-state index contributed by atoms with van der Waals surface area (Å²) in [5, 5.41) is 0. The largest absolute Gasteiger partial charge is 0.462 e. The average Bonchev–Trinajstić information content (AvgIpc) is 2.91. The molecule has 1 aromatic carbocycles. The Morgan fingerprint density at radius 2 is 2.19 bits per heavy atom. The zero-order valence-corrected chi connectivity index (χ0v) is 12.1. The molecule has 0 spiro atoms. The molecule has 1 heterocycles. The molecule has 5 heteroatoms. The van der Waals surface area contributed by atoms with Crippen molar-refractivity contribution in [3.05, 3.63) is 41.5 Å². The predicted molar refractivity (Wildman–Crippen MR) is 80.6 cm³/mol. The number of nitrogens with zero attached hydrogens (tertiary/aromatic N) is 2. The number of aromatic nitrogens is 2. The maximum atomic E-state index is 12.2. The Labute approximate surface area is 123 Å². The van der Waals surface area contributed by atoms with E-state index in [2.05, 4.69) is 4.98 Å². The molecule has 0 saturated heterocycles. The zero-order chi connectivity index (χ0) is 14.8. The lowest BCUT2D eigenvalue weighted by Crippen LogP contribution is -2.14. The van der Waals surface area contributed by atoms with Crippen LogP contribution < -0.4 is 5.73 Å². The highest BCUT2D eigenvalue weighted by molar-refractivity contribution is 5.96. The molecule has 0 amide bonds. The number of esters is 1. The van der Waals surface area contributed by atoms with Gasteiger partial charge < -0.3 is 15.0 Å². The molecule has 1 aromatic heterocycles. The molecule has 3 rings (SSSR count). The third-order valence-electron chi connectivity index (χ3n) is 3.83. The van der Waals surface area contributed by atoms with Crippen molar-refractivity contribution < 1.29 is 9.53 Å². The van der Waals surface area contributed by atoms with Crippen molar-refractivity contribution in [3.63, 3.8) is 0 Å². The summed E-state index contributed by atoms with van der Waals surface area (Å²) >= 11 is 0. The van der Waals surface area contributed by atoms with Crippen molar-refractivity contribution in [1.29, 1.82) is 0 Å². The molecule has 0 unspecified atom stereocenters. The van der Waals surface area contributed by atoms with Gasteiger partial charge in [0.05, 0.1) is 35.6 Å². The van der Waals surface area contributed by atoms with Gasteiger partial charge in [-0.05, 0) is 44.7 Å². The first-order valence-electron chi connectivity index (χ1n) is 7.33. The van der Waals surface area contributed by atoms with Gasteiger partial charge in [-0.1, -0.05) is 6.07 Å². The monoisotopic (exact) mass is 285 g/mol. The normalized spacial score (nSPS) is 13.8. The fraction of sp³-hybridized carbons (Fsp3) is 0.375. The summed E-state index contributed by atoms with van der Waals surface area (Å²) in [4.78, 5) is 16.6. The molecule has 21 heavy (non-hydrogen) atoms. The Kier molecular flexibility index (Phi) is 3.64. The molecule has 0 bridgehead atoms. The number of aryl methyl sites for hydroxylation is 1. The molecule has 2 aromatic rings. The number of anilines is 1. The molecule has 0 atom stereocenters. The molecule has 0 saturated carbocycles. The van der Waals surface area contributed by atoms with Crippen molar-refractivity contribution in [3.8, 4) is 5.69 Å². The van der Waals surface area contributed by atoms with Gasteiger partial charge in [-0.15, -0.1) is 0 Å². The molecular weight excluding hydrogens is 266 g/mol. The number of carbonyl (C=O) groups excluding carboxylic acids is 1. The van der Waals surface area contributed by atoms with Gasteiger partial charge in [-0.25, -0.2) is 9.78 Å². The molecule has 0 fully saturated rings. The van der Waals surface area contributed by atoms with Crippen LogP contribution in [0, 0.1) is 0 Å². The van der Waals surface area contributed by atoms with Gasteiger partial charge in [0.2, 0.25) is 0 Å². The van der Waals surface area contributed by atoms with E-state index in [9.17, 15) is 4.79 Å². The summed E-state index contributed by atoms with van der Waals surface area (Å²) in [6.45, 7) is 2.14. The van der Waals surface area contributed by atoms with E-state index in [4.69, 9.17) is 10.5 Å². The quantitative estimate of drug-likeness (QED) is 0.695. The third-order valence-corrected chi connectivity index (χ3v) is 3.83. The Bertz CT molecular complexity index is 676. The Morgan fingerprint density at radius 1 is 1.38 bits per heavy atom. The van der Waals surface area contributed by atoms with Gasteiger partial charge in [0.1, 0.15) is 0 Å². The van der Waals surface area contributed by atoms with E-state index in [-0.39, 0.29) is 5.97 Å². The van der Waals surface area contributed by atoms with Gasteiger partial charge in [0.15, 0.2) is 0 Å². The fourth-order valence-electron chi connectivity index (χ4n) is 2.87. The van der Waals surface area contributed by atoms with Crippen LogP contribution >= 0.6 is 0 Å². The van der Waals surface area contributed by atoms with Crippen LogP contribution in [0.3, 0.4) is 0 Å². The highest BCUT2D eigenvalue weighted by Gasteiger charge is 2.22. The second kappa shape index (κ2) is 5.60. The van der Waals surface area contributed by atoms with Crippen molar-refractivity contribution in [2.45, 2.75) is 32.6 Å². The maximum absolute atomic E-state index is 12.2. The number of ether oxygens (including phenoxy) is 1. The molecule has 1 aliphatic carbocycles. The van der Waals surface area contributed by atoms with Crippen LogP contribution in [-0.4, -0.2) is 22.1 Å².